The second-order valence-electron chi connectivity index (χ2n) is 6.65. The van der Waals surface area contributed by atoms with Gasteiger partial charge in [0.2, 0.25) is 0 Å². The molecule has 1 N–H and O–H groups in total. The van der Waals surface area contributed by atoms with Crippen molar-refractivity contribution in [2.45, 2.75) is 32.7 Å². The molecule has 3 heterocycles. The summed E-state index contributed by atoms with van der Waals surface area (Å²) in [6.45, 7) is 7.76. The van der Waals surface area contributed by atoms with Crippen molar-refractivity contribution < 1.29 is 4.39 Å². The molecule has 1 aromatic carbocycles. The third-order valence-corrected chi connectivity index (χ3v) is 5.33. The summed E-state index contributed by atoms with van der Waals surface area (Å²) in [7, 11) is 0. The van der Waals surface area contributed by atoms with E-state index in [0.717, 1.165) is 54.5 Å². The summed E-state index contributed by atoms with van der Waals surface area (Å²) in [4.78, 5) is 5.66. The van der Waals surface area contributed by atoms with Gasteiger partial charge in [0, 0.05) is 47.0 Å². The number of hydrogen-bond acceptors (Lipinski definition) is 2. The number of piperidine rings is 1. The van der Waals surface area contributed by atoms with E-state index in [1.54, 1.807) is 6.07 Å². The van der Waals surface area contributed by atoms with Crippen LogP contribution in [0.3, 0.4) is 0 Å². The molecule has 0 saturated carbocycles. The van der Waals surface area contributed by atoms with Crippen LogP contribution in [0.15, 0.2) is 30.6 Å². The Morgan fingerprint density at radius 1 is 1.25 bits per heavy atom. The van der Waals surface area contributed by atoms with Crippen molar-refractivity contribution in [2.75, 3.05) is 19.6 Å². The van der Waals surface area contributed by atoms with Crippen molar-refractivity contribution >= 4 is 10.9 Å². The highest BCUT2D eigenvalue weighted by atomic mass is 19.1. The number of rotatable bonds is 3. The minimum absolute atomic E-state index is 0.217. The molecule has 0 unspecified atom stereocenters. The van der Waals surface area contributed by atoms with Gasteiger partial charge in [0.15, 0.2) is 0 Å². The van der Waals surface area contributed by atoms with Crippen LogP contribution < -0.4 is 0 Å². The van der Waals surface area contributed by atoms with Gasteiger partial charge in [0.05, 0.1) is 12.2 Å². The molecule has 4 rings (SSSR count). The predicted molar refractivity (Wildman–Crippen MR) is 94.6 cm³/mol. The zero-order chi connectivity index (χ0) is 16.7. The summed E-state index contributed by atoms with van der Waals surface area (Å²) in [5, 5.41) is 5.72. The average Bonchev–Trinajstić information content (AvgIpc) is 3.17. The number of aromatic nitrogens is 3. The average molecular weight is 326 g/mol. The van der Waals surface area contributed by atoms with Gasteiger partial charge >= 0.3 is 0 Å². The van der Waals surface area contributed by atoms with Crippen LogP contribution in [0, 0.1) is 12.7 Å². The van der Waals surface area contributed by atoms with E-state index in [1.165, 1.54) is 11.8 Å². The Bertz CT molecular complexity index is 856. The Labute approximate surface area is 141 Å². The van der Waals surface area contributed by atoms with Crippen molar-refractivity contribution in [1.82, 2.24) is 19.7 Å². The van der Waals surface area contributed by atoms with Crippen LogP contribution in [0.25, 0.3) is 22.0 Å². The van der Waals surface area contributed by atoms with E-state index in [1.807, 2.05) is 18.5 Å². The SMILES string of the molecule is CCN1CCC(n2ncc(-c3c[nH]c4cc(F)ccc34)c2C)CC1. The maximum Gasteiger partial charge on any atom is 0.125 e. The van der Waals surface area contributed by atoms with Gasteiger partial charge in [-0.2, -0.15) is 5.10 Å². The number of aromatic amines is 1. The van der Waals surface area contributed by atoms with Crippen molar-refractivity contribution in [1.29, 1.82) is 0 Å². The number of likely N-dealkylation sites (tertiary alicyclic amines) is 1. The van der Waals surface area contributed by atoms with E-state index >= 15 is 0 Å². The Balaban J connectivity index is 1.67. The van der Waals surface area contributed by atoms with Crippen LogP contribution >= 0.6 is 0 Å². The Kier molecular flexibility index (Phi) is 3.88. The van der Waals surface area contributed by atoms with E-state index < -0.39 is 0 Å². The highest BCUT2D eigenvalue weighted by Crippen LogP contribution is 2.33. The van der Waals surface area contributed by atoms with Gasteiger partial charge in [-0.05, 0) is 44.5 Å². The number of nitrogens with zero attached hydrogens (tertiary/aromatic N) is 3. The van der Waals surface area contributed by atoms with Gasteiger partial charge in [-0.3, -0.25) is 4.68 Å². The van der Waals surface area contributed by atoms with Gasteiger partial charge in [-0.1, -0.05) is 6.92 Å². The smallest absolute Gasteiger partial charge is 0.125 e. The number of nitrogens with one attached hydrogen (secondary N) is 1. The number of H-pyrrole nitrogens is 1. The van der Waals surface area contributed by atoms with Crippen LogP contribution in [0.4, 0.5) is 4.39 Å². The first-order valence-electron chi connectivity index (χ1n) is 8.71. The minimum atomic E-state index is -0.217. The third kappa shape index (κ3) is 2.53. The van der Waals surface area contributed by atoms with E-state index in [9.17, 15) is 4.39 Å². The van der Waals surface area contributed by atoms with Crippen molar-refractivity contribution in [3.8, 4) is 11.1 Å². The molecule has 1 saturated heterocycles. The standard InChI is InChI=1S/C19H23FN4/c1-3-23-8-6-15(7-9-23)24-13(2)17(12-22-24)18-11-21-19-10-14(20)4-5-16(18)19/h4-5,10-12,15,21H,3,6-9H2,1-2H3. The van der Waals surface area contributed by atoms with Gasteiger partial charge in [-0.25, -0.2) is 4.39 Å². The summed E-state index contributed by atoms with van der Waals surface area (Å²) in [6, 6.07) is 5.37. The summed E-state index contributed by atoms with van der Waals surface area (Å²) in [5.41, 5.74) is 4.24. The fourth-order valence-electron chi connectivity index (χ4n) is 3.86. The molecule has 3 aromatic rings. The van der Waals surface area contributed by atoms with Crippen molar-refractivity contribution in [3.63, 3.8) is 0 Å². The second-order valence-corrected chi connectivity index (χ2v) is 6.65. The molecule has 126 valence electrons. The lowest BCUT2D eigenvalue weighted by atomic mass is 10.0. The lowest BCUT2D eigenvalue weighted by Crippen LogP contribution is -2.34. The first-order valence-corrected chi connectivity index (χ1v) is 8.71. The Hall–Kier alpha value is -2.14. The molecular weight excluding hydrogens is 303 g/mol. The van der Waals surface area contributed by atoms with Crippen LogP contribution in [0.5, 0.6) is 0 Å². The third-order valence-electron chi connectivity index (χ3n) is 5.33. The summed E-state index contributed by atoms with van der Waals surface area (Å²) in [5.74, 6) is -0.217. The van der Waals surface area contributed by atoms with E-state index in [2.05, 4.69) is 33.5 Å². The largest absolute Gasteiger partial charge is 0.360 e. The van der Waals surface area contributed by atoms with Gasteiger partial charge in [0.25, 0.3) is 0 Å². The summed E-state index contributed by atoms with van der Waals surface area (Å²) < 4.78 is 15.6. The highest BCUT2D eigenvalue weighted by molar-refractivity contribution is 5.95. The predicted octanol–water partition coefficient (Wildman–Crippen LogP) is 4.14. The zero-order valence-corrected chi connectivity index (χ0v) is 14.2. The van der Waals surface area contributed by atoms with Crippen LogP contribution in [0.1, 0.15) is 31.5 Å². The molecule has 24 heavy (non-hydrogen) atoms. The van der Waals surface area contributed by atoms with Gasteiger partial charge < -0.3 is 9.88 Å². The van der Waals surface area contributed by atoms with E-state index in [4.69, 9.17) is 0 Å². The fourth-order valence-corrected chi connectivity index (χ4v) is 3.86. The molecule has 0 bridgehead atoms. The first-order chi connectivity index (χ1) is 11.7. The molecule has 0 radical (unpaired) electrons. The number of fused-ring (bicyclic) bond motifs is 1. The maximum absolute atomic E-state index is 13.4. The fraction of sp³-hybridized carbons (Fsp3) is 0.421. The maximum atomic E-state index is 13.4. The molecule has 2 aromatic heterocycles. The quantitative estimate of drug-likeness (QED) is 0.785. The van der Waals surface area contributed by atoms with Gasteiger partial charge in [0.1, 0.15) is 5.82 Å². The molecule has 4 nitrogen and oxygen atoms in total. The topological polar surface area (TPSA) is 36.9 Å². The molecule has 0 aliphatic carbocycles. The van der Waals surface area contributed by atoms with Crippen molar-refractivity contribution in [2.24, 2.45) is 0 Å². The van der Waals surface area contributed by atoms with E-state index in [0.29, 0.717) is 6.04 Å². The highest BCUT2D eigenvalue weighted by Gasteiger charge is 2.23. The first kappa shape index (κ1) is 15.4. The molecule has 0 spiro atoms. The second kappa shape index (κ2) is 6.06. The van der Waals surface area contributed by atoms with Crippen LogP contribution in [-0.4, -0.2) is 39.3 Å². The number of halogens is 1. The molecule has 1 aliphatic rings. The monoisotopic (exact) mass is 326 g/mol. The number of benzene rings is 1. The number of hydrogen-bond donors (Lipinski definition) is 1. The lowest BCUT2D eigenvalue weighted by molar-refractivity contribution is 0.186. The molecule has 0 atom stereocenters. The summed E-state index contributed by atoms with van der Waals surface area (Å²) in [6.07, 6.45) is 6.20. The van der Waals surface area contributed by atoms with Crippen LogP contribution in [-0.2, 0) is 0 Å². The molecule has 0 amide bonds. The minimum Gasteiger partial charge on any atom is -0.360 e. The lowest BCUT2D eigenvalue weighted by Gasteiger charge is -2.31. The molecule has 1 aliphatic heterocycles. The molecule has 5 heteroatoms. The Morgan fingerprint density at radius 3 is 2.79 bits per heavy atom. The Morgan fingerprint density at radius 2 is 2.04 bits per heavy atom. The molecular formula is C19H23FN4. The van der Waals surface area contributed by atoms with Crippen molar-refractivity contribution in [3.05, 3.63) is 42.1 Å². The molecule has 1 fully saturated rings. The zero-order valence-electron chi connectivity index (χ0n) is 14.2. The van der Waals surface area contributed by atoms with E-state index in [-0.39, 0.29) is 5.82 Å². The summed E-state index contributed by atoms with van der Waals surface area (Å²) >= 11 is 0. The normalized spacial score (nSPS) is 17.0. The van der Waals surface area contributed by atoms with Crippen LogP contribution in [0.2, 0.25) is 0 Å². The van der Waals surface area contributed by atoms with Gasteiger partial charge in [-0.15, -0.1) is 0 Å².